The summed E-state index contributed by atoms with van der Waals surface area (Å²) in [7, 11) is 0. The monoisotopic (exact) mass is 357 g/mol. The molecule has 1 saturated carbocycles. The molecule has 138 valence electrons. The van der Waals surface area contributed by atoms with Gasteiger partial charge in [-0.2, -0.15) is 5.26 Å². The number of amides is 1. The second-order valence-corrected chi connectivity index (χ2v) is 7.43. The summed E-state index contributed by atoms with van der Waals surface area (Å²) >= 11 is 0. The molecule has 7 heteroatoms. The summed E-state index contributed by atoms with van der Waals surface area (Å²) < 4.78 is 13.2. The average molecular weight is 357 g/mol. The molecule has 0 spiro atoms. The zero-order valence-electron chi connectivity index (χ0n) is 14.6. The molecule has 3 aliphatic rings. The molecule has 1 aliphatic carbocycles. The van der Waals surface area contributed by atoms with Gasteiger partial charge in [0.2, 0.25) is 5.91 Å². The number of benzene rings is 1. The molecular formula is C19H24FN5O. The van der Waals surface area contributed by atoms with Crippen molar-refractivity contribution in [2.24, 2.45) is 11.8 Å². The summed E-state index contributed by atoms with van der Waals surface area (Å²) in [5.74, 6) is -0.509. The van der Waals surface area contributed by atoms with Gasteiger partial charge >= 0.3 is 0 Å². The number of hydrazine groups is 1. The number of halogens is 1. The number of carbonyl (C=O) groups excluding carboxylic acids is 1. The van der Waals surface area contributed by atoms with Gasteiger partial charge in [-0.1, -0.05) is 12.8 Å². The van der Waals surface area contributed by atoms with Crippen molar-refractivity contribution in [3.05, 3.63) is 30.1 Å². The minimum absolute atomic E-state index is 0.00791. The Hall–Kier alpha value is -2.17. The van der Waals surface area contributed by atoms with E-state index in [1.165, 1.54) is 12.1 Å². The maximum atomic E-state index is 13.2. The normalized spacial score (nSPS) is 34.6. The first-order chi connectivity index (χ1) is 12.7. The van der Waals surface area contributed by atoms with Gasteiger partial charge in [0, 0.05) is 24.3 Å². The first kappa shape index (κ1) is 17.3. The lowest BCUT2D eigenvalue weighted by atomic mass is 9.83. The highest BCUT2D eigenvalue weighted by Crippen LogP contribution is 2.36. The quantitative estimate of drug-likeness (QED) is 0.771. The predicted molar refractivity (Wildman–Crippen MR) is 95.0 cm³/mol. The molecule has 1 aromatic carbocycles. The number of fused-ring (bicyclic) bond motifs is 1. The van der Waals surface area contributed by atoms with Crippen LogP contribution >= 0.6 is 0 Å². The van der Waals surface area contributed by atoms with Crippen LogP contribution in [0.25, 0.3) is 0 Å². The van der Waals surface area contributed by atoms with Gasteiger partial charge in [-0.05, 0) is 43.5 Å². The van der Waals surface area contributed by atoms with Gasteiger partial charge in [0.15, 0.2) is 0 Å². The number of hydrogen-bond acceptors (Lipinski definition) is 5. The number of rotatable bonds is 3. The van der Waals surface area contributed by atoms with Crippen LogP contribution in [-0.2, 0) is 4.79 Å². The lowest BCUT2D eigenvalue weighted by Gasteiger charge is -2.39. The van der Waals surface area contributed by atoms with E-state index in [9.17, 15) is 14.4 Å². The first-order valence-electron chi connectivity index (χ1n) is 9.41. The Labute approximate surface area is 152 Å². The summed E-state index contributed by atoms with van der Waals surface area (Å²) in [5, 5.41) is 18.0. The van der Waals surface area contributed by atoms with Crippen molar-refractivity contribution >= 4 is 11.6 Å². The predicted octanol–water partition coefficient (Wildman–Crippen LogP) is 1.97. The lowest BCUT2D eigenvalue weighted by molar-refractivity contribution is -0.128. The topological polar surface area (TPSA) is 80.2 Å². The summed E-state index contributed by atoms with van der Waals surface area (Å²) in [6, 6.07) is 8.82. The zero-order chi connectivity index (χ0) is 18.1. The zero-order valence-corrected chi connectivity index (χ0v) is 14.6. The van der Waals surface area contributed by atoms with Gasteiger partial charge in [-0.3, -0.25) is 4.79 Å². The highest BCUT2D eigenvalue weighted by molar-refractivity contribution is 5.82. The molecule has 0 bridgehead atoms. The fourth-order valence-electron chi connectivity index (χ4n) is 4.62. The summed E-state index contributed by atoms with van der Waals surface area (Å²) in [5.41, 5.74) is 4.24. The summed E-state index contributed by atoms with van der Waals surface area (Å²) in [6.07, 6.45) is 4.68. The molecule has 3 N–H and O–H groups in total. The minimum Gasteiger partial charge on any atom is -0.368 e. The van der Waals surface area contributed by atoms with Crippen molar-refractivity contribution < 1.29 is 9.18 Å². The molecule has 1 aromatic rings. The molecule has 5 atom stereocenters. The SMILES string of the molecule is N#C[C@@H]1CCCC[C@@H]1N1NC(Nc2ccc(F)cc2)C2C(=O)NCCC21. The molecule has 0 radical (unpaired) electrons. The van der Waals surface area contributed by atoms with Crippen LogP contribution in [0.3, 0.4) is 0 Å². The molecule has 2 saturated heterocycles. The third kappa shape index (κ3) is 3.15. The molecule has 4 rings (SSSR count). The Morgan fingerprint density at radius 3 is 2.69 bits per heavy atom. The highest BCUT2D eigenvalue weighted by atomic mass is 19.1. The lowest BCUT2D eigenvalue weighted by Crippen LogP contribution is -2.54. The van der Waals surface area contributed by atoms with Gasteiger partial charge in [-0.25, -0.2) is 14.8 Å². The van der Waals surface area contributed by atoms with Crippen LogP contribution < -0.4 is 16.1 Å². The van der Waals surface area contributed by atoms with Crippen molar-refractivity contribution in [3.63, 3.8) is 0 Å². The second kappa shape index (κ2) is 7.22. The number of hydrogen-bond donors (Lipinski definition) is 3. The van der Waals surface area contributed by atoms with Crippen molar-refractivity contribution in [3.8, 4) is 6.07 Å². The Bertz CT molecular complexity index is 703. The van der Waals surface area contributed by atoms with E-state index in [4.69, 9.17) is 0 Å². The van der Waals surface area contributed by atoms with Crippen LogP contribution in [0.15, 0.2) is 24.3 Å². The summed E-state index contributed by atoms with van der Waals surface area (Å²) in [4.78, 5) is 12.6. The number of nitrogens with one attached hydrogen (secondary N) is 3. The van der Waals surface area contributed by atoms with E-state index in [1.54, 1.807) is 12.1 Å². The number of anilines is 1. The molecule has 3 fully saturated rings. The smallest absolute Gasteiger partial charge is 0.228 e. The molecule has 6 nitrogen and oxygen atoms in total. The largest absolute Gasteiger partial charge is 0.368 e. The van der Waals surface area contributed by atoms with Crippen molar-refractivity contribution in [2.45, 2.75) is 50.4 Å². The van der Waals surface area contributed by atoms with Gasteiger partial charge in [0.25, 0.3) is 0 Å². The van der Waals surface area contributed by atoms with Gasteiger partial charge in [0.1, 0.15) is 12.0 Å². The van der Waals surface area contributed by atoms with Crippen LogP contribution in [-0.4, -0.2) is 35.7 Å². The van der Waals surface area contributed by atoms with Gasteiger partial charge in [-0.15, -0.1) is 0 Å². The van der Waals surface area contributed by atoms with E-state index in [-0.39, 0.29) is 41.8 Å². The molecule has 3 unspecified atom stereocenters. The first-order valence-corrected chi connectivity index (χ1v) is 9.41. The van der Waals surface area contributed by atoms with E-state index in [0.717, 1.165) is 37.8 Å². The van der Waals surface area contributed by atoms with Crippen LogP contribution in [0.1, 0.15) is 32.1 Å². The maximum absolute atomic E-state index is 13.2. The van der Waals surface area contributed by atoms with Crippen molar-refractivity contribution in [1.29, 1.82) is 5.26 Å². The van der Waals surface area contributed by atoms with Crippen LogP contribution in [0.5, 0.6) is 0 Å². The van der Waals surface area contributed by atoms with E-state index in [1.807, 2.05) is 0 Å². The van der Waals surface area contributed by atoms with E-state index in [2.05, 4.69) is 27.1 Å². The Balaban J connectivity index is 1.57. The highest BCUT2D eigenvalue weighted by Gasteiger charge is 2.51. The van der Waals surface area contributed by atoms with E-state index < -0.39 is 0 Å². The number of nitrogens with zero attached hydrogens (tertiary/aromatic N) is 2. The van der Waals surface area contributed by atoms with Crippen LogP contribution in [0.4, 0.5) is 10.1 Å². The Kier molecular flexibility index (Phi) is 4.79. The Morgan fingerprint density at radius 2 is 1.92 bits per heavy atom. The fourth-order valence-corrected chi connectivity index (χ4v) is 4.62. The summed E-state index contributed by atoms with van der Waals surface area (Å²) in [6.45, 7) is 0.658. The molecule has 2 heterocycles. The van der Waals surface area contributed by atoms with Gasteiger partial charge in [0.05, 0.1) is 17.9 Å². The number of carbonyl (C=O) groups is 1. The molecule has 0 aromatic heterocycles. The van der Waals surface area contributed by atoms with E-state index in [0.29, 0.717) is 6.54 Å². The number of piperidine rings is 1. The van der Waals surface area contributed by atoms with Crippen LogP contribution in [0, 0.1) is 29.0 Å². The average Bonchev–Trinajstić information content (AvgIpc) is 3.03. The molecule has 1 amide bonds. The third-order valence-electron chi connectivity index (χ3n) is 5.88. The number of nitriles is 1. The van der Waals surface area contributed by atoms with Crippen molar-refractivity contribution in [2.75, 3.05) is 11.9 Å². The van der Waals surface area contributed by atoms with E-state index >= 15 is 0 Å². The van der Waals surface area contributed by atoms with Crippen molar-refractivity contribution in [1.82, 2.24) is 15.8 Å². The van der Waals surface area contributed by atoms with Crippen LogP contribution in [0.2, 0.25) is 0 Å². The maximum Gasteiger partial charge on any atom is 0.228 e. The molecule has 26 heavy (non-hydrogen) atoms. The molecule has 2 aliphatic heterocycles. The second-order valence-electron chi connectivity index (χ2n) is 7.43. The minimum atomic E-state index is -0.288. The Morgan fingerprint density at radius 1 is 1.15 bits per heavy atom. The standard InChI is InChI=1S/C19H24FN5O/c20-13-5-7-14(8-6-13)23-18-17-16(9-10-22-19(17)26)25(24-18)15-4-2-1-3-12(15)11-21/h5-8,12,15-18,23-24H,1-4,9-10H2,(H,22,26)/t12-,15-,16?,17?,18?/m0/s1. The molecular weight excluding hydrogens is 333 g/mol. The third-order valence-corrected chi connectivity index (χ3v) is 5.88. The van der Waals surface area contributed by atoms with Gasteiger partial charge < -0.3 is 10.6 Å². The fraction of sp³-hybridized carbons (Fsp3) is 0.579.